The third-order valence-electron chi connectivity index (χ3n) is 3.58. The van der Waals surface area contributed by atoms with E-state index in [1.165, 1.54) is 16.2 Å². The Kier molecular flexibility index (Phi) is 4.68. The van der Waals surface area contributed by atoms with Gasteiger partial charge in [0.1, 0.15) is 0 Å². The Morgan fingerprint density at radius 3 is 2.76 bits per heavy atom. The molecule has 0 unspecified atom stereocenters. The van der Waals surface area contributed by atoms with E-state index in [1.54, 1.807) is 30.5 Å². The van der Waals surface area contributed by atoms with E-state index in [-0.39, 0.29) is 30.3 Å². The standard InChI is InChI=1S/C15H15ClN6O3/c1-21-12-11(13(24)19-15(21)25)22(6-7-23)14(18-12)20-17-8-9-2-4-10(16)5-3-9/h2-5,8,23H,6-7H2,1H3,(H,18,20)(H,19,24,25)/b17-8+. The van der Waals surface area contributed by atoms with Crippen LogP contribution in [0.3, 0.4) is 0 Å². The van der Waals surface area contributed by atoms with Crippen LogP contribution in [0.5, 0.6) is 0 Å². The average molecular weight is 363 g/mol. The summed E-state index contributed by atoms with van der Waals surface area (Å²) < 4.78 is 2.69. The molecule has 3 aromatic rings. The van der Waals surface area contributed by atoms with Crippen molar-refractivity contribution in [2.75, 3.05) is 12.0 Å². The molecule has 0 saturated carbocycles. The number of aliphatic hydroxyl groups is 1. The number of aromatic nitrogens is 4. The monoisotopic (exact) mass is 362 g/mol. The second kappa shape index (κ2) is 6.91. The Labute approximate surface area is 146 Å². The van der Waals surface area contributed by atoms with Crippen LogP contribution in [0.4, 0.5) is 5.95 Å². The number of aromatic amines is 1. The fourth-order valence-corrected chi connectivity index (χ4v) is 2.48. The summed E-state index contributed by atoms with van der Waals surface area (Å²) in [5.41, 5.74) is 2.78. The van der Waals surface area contributed by atoms with Crippen LogP contribution in [0.25, 0.3) is 11.2 Å². The molecule has 130 valence electrons. The number of hydrazone groups is 1. The summed E-state index contributed by atoms with van der Waals surface area (Å²) >= 11 is 5.83. The van der Waals surface area contributed by atoms with Crippen molar-refractivity contribution < 1.29 is 5.11 Å². The fourth-order valence-electron chi connectivity index (χ4n) is 2.35. The van der Waals surface area contributed by atoms with Crippen molar-refractivity contribution in [1.29, 1.82) is 0 Å². The highest BCUT2D eigenvalue weighted by molar-refractivity contribution is 6.30. The number of nitrogens with one attached hydrogen (secondary N) is 2. The molecule has 0 radical (unpaired) electrons. The second-order valence-electron chi connectivity index (χ2n) is 5.22. The molecule has 10 heteroatoms. The van der Waals surface area contributed by atoms with E-state index in [1.807, 2.05) is 0 Å². The lowest BCUT2D eigenvalue weighted by molar-refractivity contribution is 0.278. The quantitative estimate of drug-likeness (QED) is 0.451. The third kappa shape index (κ3) is 3.32. The normalized spacial score (nSPS) is 11.5. The van der Waals surface area contributed by atoms with Crippen LogP contribution >= 0.6 is 11.6 Å². The van der Waals surface area contributed by atoms with Gasteiger partial charge in [-0.1, -0.05) is 23.7 Å². The summed E-state index contributed by atoms with van der Waals surface area (Å²) in [5.74, 6) is 0.237. The Balaban J connectivity index is 2.00. The lowest BCUT2D eigenvalue weighted by Crippen LogP contribution is -2.29. The number of hydrogen-bond acceptors (Lipinski definition) is 6. The summed E-state index contributed by atoms with van der Waals surface area (Å²) in [7, 11) is 1.50. The zero-order valence-corrected chi connectivity index (χ0v) is 14.0. The van der Waals surface area contributed by atoms with Crippen molar-refractivity contribution in [2.45, 2.75) is 6.54 Å². The van der Waals surface area contributed by atoms with Crippen molar-refractivity contribution in [3.63, 3.8) is 0 Å². The number of nitrogens with zero attached hydrogens (tertiary/aromatic N) is 4. The van der Waals surface area contributed by atoms with Gasteiger partial charge in [-0.25, -0.2) is 10.2 Å². The van der Waals surface area contributed by atoms with Gasteiger partial charge in [-0.2, -0.15) is 10.1 Å². The predicted molar refractivity (Wildman–Crippen MR) is 95.3 cm³/mol. The smallest absolute Gasteiger partial charge is 0.329 e. The molecular weight excluding hydrogens is 348 g/mol. The summed E-state index contributed by atoms with van der Waals surface area (Å²) in [5, 5.41) is 14.0. The molecule has 0 spiro atoms. The number of anilines is 1. The minimum absolute atomic E-state index is 0.122. The molecule has 0 saturated heterocycles. The number of rotatable bonds is 5. The van der Waals surface area contributed by atoms with Crippen LogP contribution in [0.15, 0.2) is 39.0 Å². The molecule has 3 N–H and O–H groups in total. The fraction of sp³-hybridized carbons (Fsp3) is 0.200. The maximum atomic E-state index is 12.1. The molecule has 0 amide bonds. The molecule has 9 nitrogen and oxygen atoms in total. The first-order chi connectivity index (χ1) is 12.0. The molecule has 3 rings (SSSR count). The van der Waals surface area contributed by atoms with Crippen LogP contribution in [-0.2, 0) is 13.6 Å². The lowest BCUT2D eigenvalue weighted by atomic mass is 10.2. The van der Waals surface area contributed by atoms with Gasteiger partial charge in [0.05, 0.1) is 12.8 Å². The van der Waals surface area contributed by atoms with E-state index < -0.39 is 11.2 Å². The molecule has 0 aliphatic carbocycles. The van der Waals surface area contributed by atoms with Crippen molar-refractivity contribution in [2.24, 2.45) is 12.1 Å². The number of fused-ring (bicyclic) bond motifs is 1. The molecule has 0 fully saturated rings. The van der Waals surface area contributed by atoms with E-state index in [0.29, 0.717) is 5.02 Å². The van der Waals surface area contributed by atoms with Gasteiger partial charge in [-0.05, 0) is 17.7 Å². The number of halogens is 1. The van der Waals surface area contributed by atoms with Gasteiger partial charge in [-0.3, -0.25) is 14.3 Å². The van der Waals surface area contributed by atoms with Crippen LogP contribution in [0, 0.1) is 0 Å². The summed E-state index contributed by atoms with van der Waals surface area (Å²) in [6.45, 7) is -0.0834. The van der Waals surface area contributed by atoms with Crippen LogP contribution in [0.1, 0.15) is 5.56 Å². The minimum Gasteiger partial charge on any atom is -0.395 e. The van der Waals surface area contributed by atoms with E-state index in [2.05, 4.69) is 20.5 Å². The number of aryl methyl sites for hydroxylation is 1. The van der Waals surface area contributed by atoms with E-state index in [4.69, 9.17) is 11.6 Å². The lowest BCUT2D eigenvalue weighted by Gasteiger charge is -2.05. The first-order valence-corrected chi connectivity index (χ1v) is 7.74. The van der Waals surface area contributed by atoms with Crippen LogP contribution < -0.4 is 16.7 Å². The number of H-pyrrole nitrogens is 1. The SMILES string of the molecule is Cn1c(=O)[nH]c(=O)c2c1nc(N/N=C/c1ccc(Cl)cc1)n2CCO. The number of aliphatic hydroxyl groups excluding tert-OH is 1. The zero-order chi connectivity index (χ0) is 18.0. The molecule has 2 heterocycles. The summed E-state index contributed by atoms with van der Waals surface area (Å²) in [6, 6.07) is 7.05. The Bertz CT molecular complexity index is 1050. The molecule has 2 aromatic heterocycles. The van der Waals surface area contributed by atoms with Crippen LogP contribution in [-0.4, -0.2) is 37.0 Å². The number of imidazole rings is 1. The predicted octanol–water partition coefficient (Wildman–Crippen LogP) is 0.515. The molecule has 0 aliphatic rings. The summed E-state index contributed by atoms with van der Waals surface area (Å²) in [4.78, 5) is 30.3. The van der Waals surface area contributed by atoms with Crippen molar-refractivity contribution in [1.82, 2.24) is 19.1 Å². The molecule has 0 atom stereocenters. The average Bonchev–Trinajstić information content (AvgIpc) is 2.94. The van der Waals surface area contributed by atoms with Crippen molar-refractivity contribution in [3.05, 3.63) is 55.7 Å². The largest absolute Gasteiger partial charge is 0.395 e. The van der Waals surface area contributed by atoms with E-state index in [0.717, 1.165) is 5.56 Å². The zero-order valence-electron chi connectivity index (χ0n) is 13.2. The first-order valence-electron chi connectivity index (χ1n) is 7.36. The Morgan fingerprint density at radius 2 is 2.08 bits per heavy atom. The van der Waals surface area contributed by atoms with Gasteiger partial charge in [0, 0.05) is 18.6 Å². The van der Waals surface area contributed by atoms with Gasteiger partial charge in [0.15, 0.2) is 11.2 Å². The van der Waals surface area contributed by atoms with Gasteiger partial charge in [0.25, 0.3) is 5.56 Å². The van der Waals surface area contributed by atoms with Gasteiger partial charge in [-0.15, -0.1) is 0 Å². The second-order valence-corrected chi connectivity index (χ2v) is 5.66. The molecule has 25 heavy (non-hydrogen) atoms. The highest BCUT2D eigenvalue weighted by Gasteiger charge is 2.16. The minimum atomic E-state index is -0.575. The summed E-state index contributed by atoms with van der Waals surface area (Å²) in [6.07, 6.45) is 1.56. The molecule has 0 aliphatic heterocycles. The number of hydrogen-bond donors (Lipinski definition) is 3. The maximum absolute atomic E-state index is 12.1. The molecule has 0 bridgehead atoms. The Morgan fingerprint density at radius 1 is 1.36 bits per heavy atom. The highest BCUT2D eigenvalue weighted by atomic mass is 35.5. The van der Waals surface area contributed by atoms with E-state index >= 15 is 0 Å². The Hall–Kier alpha value is -2.91. The maximum Gasteiger partial charge on any atom is 0.329 e. The molecular formula is C15H15ClN6O3. The highest BCUT2D eigenvalue weighted by Crippen LogP contribution is 2.15. The van der Waals surface area contributed by atoms with Gasteiger partial charge >= 0.3 is 5.69 Å². The van der Waals surface area contributed by atoms with Crippen molar-refractivity contribution in [3.8, 4) is 0 Å². The molecule has 1 aromatic carbocycles. The van der Waals surface area contributed by atoms with Gasteiger partial charge in [0.2, 0.25) is 5.95 Å². The van der Waals surface area contributed by atoms with Gasteiger partial charge < -0.3 is 9.67 Å². The van der Waals surface area contributed by atoms with Crippen LogP contribution in [0.2, 0.25) is 5.02 Å². The first kappa shape index (κ1) is 16.9. The topological polar surface area (TPSA) is 117 Å². The number of benzene rings is 1. The van der Waals surface area contributed by atoms with Crippen molar-refractivity contribution >= 4 is 34.9 Å². The third-order valence-corrected chi connectivity index (χ3v) is 3.83. The van der Waals surface area contributed by atoms with E-state index in [9.17, 15) is 14.7 Å².